The Labute approximate surface area is 119 Å². The van der Waals surface area contributed by atoms with Crippen molar-refractivity contribution in [3.8, 4) is 0 Å². The molecule has 6 nitrogen and oxygen atoms in total. The number of carbonyl (C=O) groups excluding carboxylic acids is 1. The molecule has 1 amide bonds. The molecular formula is C14H24N4O2. The molecule has 0 saturated heterocycles. The number of amides is 1. The second-order valence-electron chi connectivity index (χ2n) is 6.50. The second kappa shape index (κ2) is 5.00. The molecule has 1 aromatic heterocycles. The van der Waals surface area contributed by atoms with Crippen LogP contribution in [0.5, 0.6) is 0 Å². The molecule has 0 fully saturated rings. The Balaban J connectivity index is 2.20. The fourth-order valence-electron chi connectivity index (χ4n) is 2.38. The summed E-state index contributed by atoms with van der Waals surface area (Å²) in [6, 6.07) is 0.222. The van der Waals surface area contributed by atoms with Gasteiger partial charge < -0.3 is 15.4 Å². The van der Waals surface area contributed by atoms with Crippen LogP contribution >= 0.6 is 0 Å². The zero-order chi connectivity index (χ0) is 15.1. The summed E-state index contributed by atoms with van der Waals surface area (Å²) in [6.07, 6.45) is 0.450. The molecule has 1 aliphatic rings. The van der Waals surface area contributed by atoms with Gasteiger partial charge >= 0.3 is 6.09 Å². The Bertz CT molecular complexity index is 514. The summed E-state index contributed by atoms with van der Waals surface area (Å²) in [6.45, 7) is 10.9. The predicted octanol–water partition coefficient (Wildman–Crippen LogP) is 2.34. The zero-order valence-electron chi connectivity index (χ0n) is 12.9. The molecule has 2 heterocycles. The lowest BCUT2D eigenvalue weighted by atomic mass is 10.1. The number of nitrogens with zero attached hydrogens (tertiary/aromatic N) is 3. The van der Waals surface area contributed by atoms with Gasteiger partial charge in [0, 0.05) is 18.2 Å². The summed E-state index contributed by atoms with van der Waals surface area (Å²) in [5.41, 5.74) is 7.57. The van der Waals surface area contributed by atoms with Crippen LogP contribution < -0.4 is 5.73 Å². The smallest absolute Gasteiger partial charge is 0.410 e. The lowest BCUT2D eigenvalue weighted by Crippen LogP contribution is -2.40. The number of nitrogen functional groups attached to an aromatic ring is 1. The van der Waals surface area contributed by atoms with Gasteiger partial charge in [-0.3, -0.25) is 4.68 Å². The highest BCUT2D eigenvalue weighted by Crippen LogP contribution is 2.27. The first-order valence-electron chi connectivity index (χ1n) is 7.02. The normalized spacial score (nSPS) is 15.4. The first-order valence-corrected chi connectivity index (χ1v) is 7.02. The van der Waals surface area contributed by atoms with Crippen molar-refractivity contribution in [3.63, 3.8) is 0 Å². The number of anilines is 1. The maximum Gasteiger partial charge on any atom is 0.410 e. The number of fused-ring (bicyclic) bond motifs is 1. The fourth-order valence-corrected chi connectivity index (χ4v) is 2.38. The molecule has 2 rings (SSSR count). The van der Waals surface area contributed by atoms with Gasteiger partial charge in [0.1, 0.15) is 11.4 Å². The van der Waals surface area contributed by atoms with Crippen molar-refractivity contribution >= 4 is 11.9 Å². The average molecular weight is 280 g/mol. The molecule has 0 aromatic carbocycles. The summed E-state index contributed by atoms with van der Waals surface area (Å²) in [4.78, 5) is 13.9. The third kappa shape index (κ3) is 2.89. The van der Waals surface area contributed by atoms with Gasteiger partial charge in [-0.05, 0) is 41.0 Å². The Hall–Kier alpha value is -1.72. The van der Waals surface area contributed by atoms with Gasteiger partial charge in [0.15, 0.2) is 0 Å². The lowest BCUT2D eigenvalue weighted by Gasteiger charge is -2.30. The van der Waals surface area contributed by atoms with E-state index in [9.17, 15) is 4.79 Å². The van der Waals surface area contributed by atoms with Crippen molar-refractivity contribution in [3.05, 3.63) is 11.3 Å². The molecule has 112 valence electrons. The van der Waals surface area contributed by atoms with Crippen molar-refractivity contribution in [2.45, 2.75) is 59.2 Å². The molecule has 0 unspecified atom stereocenters. The minimum Gasteiger partial charge on any atom is -0.444 e. The van der Waals surface area contributed by atoms with Crippen LogP contribution in [0.25, 0.3) is 0 Å². The number of nitrogens with two attached hydrogens (primary N) is 1. The third-order valence-electron chi connectivity index (χ3n) is 3.26. The van der Waals surface area contributed by atoms with Crippen LogP contribution in [0.3, 0.4) is 0 Å². The van der Waals surface area contributed by atoms with Gasteiger partial charge in [-0.15, -0.1) is 0 Å². The monoisotopic (exact) mass is 280 g/mol. The zero-order valence-corrected chi connectivity index (χ0v) is 12.9. The number of aromatic nitrogens is 2. The van der Waals surface area contributed by atoms with Gasteiger partial charge in [-0.1, -0.05) is 0 Å². The van der Waals surface area contributed by atoms with Crippen LogP contribution in [0.4, 0.5) is 10.6 Å². The van der Waals surface area contributed by atoms with E-state index >= 15 is 0 Å². The van der Waals surface area contributed by atoms with Gasteiger partial charge in [0.05, 0.1) is 12.2 Å². The van der Waals surface area contributed by atoms with E-state index in [0.717, 1.165) is 17.7 Å². The minimum atomic E-state index is -0.477. The highest BCUT2D eigenvalue weighted by molar-refractivity contribution is 5.69. The lowest BCUT2D eigenvalue weighted by molar-refractivity contribution is 0.0218. The summed E-state index contributed by atoms with van der Waals surface area (Å²) in [5.74, 6) is 0.581. The van der Waals surface area contributed by atoms with Crippen LogP contribution in [-0.2, 0) is 17.7 Å². The van der Waals surface area contributed by atoms with Crippen molar-refractivity contribution in [1.29, 1.82) is 0 Å². The second-order valence-corrected chi connectivity index (χ2v) is 6.50. The molecule has 0 aliphatic carbocycles. The van der Waals surface area contributed by atoms with Crippen LogP contribution in [-0.4, -0.2) is 32.9 Å². The van der Waals surface area contributed by atoms with Crippen molar-refractivity contribution in [1.82, 2.24) is 14.7 Å². The Morgan fingerprint density at radius 2 is 2.05 bits per heavy atom. The summed E-state index contributed by atoms with van der Waals surface area (Å²) in [5, 5.41) is 4.38. The first kappa shape index (κ1) is 14.7. The largest absolute Gasteiger partial charge is 0.444 e. The van der Waals surface area contributed by atoms with Crippen LogP contribution in [0.15, 0.2) is 0 Å². The van der Waals surface area contributed by atoms with Gasteiger partial charge in [-0.25, -0.2) is 4.79 Å². The summed E-state index contributed by atoms with van der Waals surface area (Å²) < 4.78 is 7.33. The van der Waals surface area contributed by atoms with Crippen LogP contribution in [0.2, 0.25) is 0 Å². The van der Waals surface area contributed by atoms with E-state index in [0.29, 0.717) is 18.9 Å². The Morgan fingerprint density at radius 3 is 2.60 bits per heavy atom. The molecule has 2 N–H and O–H groups in total. The van der Waals surface area contributed by atoms with E-state index in [1.807, 2.05) is 25.5 Å². The molecule has 0 saturated carbocycles. The molecule has 6 heteroatoms. The number of hydrogen-bond donors (Lipinski definition) is 1. The van der Waals surface area contributed by atoms with Crippen LogP contribution in [0.1, 0.15) is 51.9 Å². The molecule has 0 bridgehead atoms. The van der Waals surface area contributed by atoms with Crippen molar-refractivity contribution < 1.29 is 9.53 Å². The third-order valence-corrected chi connectivity index (χ3v) is 3.26. The molecule has 0 spiro atoms. The topological polar surface area (TPSA) is 73.4 Å². The maximum atomic E-state index is 12.2. The van der Waals surface area contributed by atoms with E-state index in [1.54, 1.807) is 4.90 Å². The quantitative estimate of drug-likeness (QED) is 0.857. The van der Waals surface area contributed by atoms with Crippen molar-refractivity contribution in [2.24, 2.45) is 0 Å². The van der Waals surface area contributed by atoms with Crippen LogP contribution in [0, 0.1) is 0 Å². The summed E-state index contributed by atoms with van der Waals surface area (Å²) in [7, 11) is 0. The van der Waals surface area contributed by atoms with Crippen molar-refractivity contribution in [2.75, 3.05) is 12.3 Å². The SMILES string of the molecule is CC(C)n1nc(N)c2c1CN(C(=O)OC(C)(C)C)CC2. The molecule has 20 heavy (non-hydrogen) atoms. The van der Waals surface area contributed by atoms with E-state index in [2.05, 4.69) is 18.9 Å². The standard InChI is InChI=1S/C14H24N4O2/c1-9(2)18-11-8-17(13(19)20-14(3,4)5)7-6-10(11)12(15)16-18/h9H,6-8H2,1-5H3,(H2,15,16). The number of carbonyl (C=O) groups is 1. The number of ether oxygens (including phenoxy) is 1. The number of hydrogen-bond acceptors (Lipinski definition) is 4. The highest BCUT2D eigenvalue weighted by atomic mass is 16.6. The number of rotatable bonds is 1. The van der Waals surface area contributed by atoms with E-state index in [-0.39, 0.29) is 12.1 Å². The predicted molar refractivity (Wildman–Crippen MR) is 77.4 cm³/mol. The van der Waals surface area contributed by atoms with Gasteiger partial charge in [-0.2, -0.15) is 5.10 Å². The minimum absolute atomic E-state index is 0.222. The molecule has 1 aliphatic heterocycles. The highest BCUT2D eigenvalue weighted by Gasteiger charge is 2.29. The molecule has 1 aromatic rings. The Kier molecular flexibility index (Phi) is 3.67. The van der Waals surface area contributed by atoms with Gasteiger partial charge in [0.2, 0.25) is 0 Å². The van der Waals surface area contributed by atoms with Gasteiger partial charge in [0.25, 0.3) is 0 Å². The molecular weight excluding hydrogens is 256 g/mol. The summed E-state index contributed by atoms with van der Waals surface area (Å²) >= 11 is 0. The molecule has 0 atom stereocenters. The maximum absolute atomic E-state index is 12.2. The Morgan fingerprint density at radius 1 is 1.40 bits per heavy atom. The van der Waals surface area contributed by atoms with E-state index in [4.69, 9.17) is 10.5 Å². The fraction of sp³-hybridized carbons (Fsp3) is 0.714. The van der Waals surface area contributed by atoms with E-state index in [1.165, 1.54) is 0 Å². The average Bonchev–Trinajstić information content (AvgIpc) is 2.64. The first-order chi connectivity index (χ1) is 9.19. The molecule has 0 radical (unpaired) electrons. The van der Waals surface area contributed by atoms with E-state index < -0.39 is 5.60 Å².